The van der Waals surface area contributed by atoms with Gasteiger partial charge in [-0.2, -0.15) is 0 Å². The van der Waals surface area contributed by atoms with E-state index in [0.717, 1.165) is 33.5 Å². The third kappa shape index (κ3) is 2.76. The van der Waals surface area contributed by atoms with Gasteiger partial charge in [0.25, 0.3) is 0 Å². The van der Waals surface area contributed by atoms with Gasteiger partial charge < -0.3 is 10.4 Å². The maximum absolute atomic E-state index is 9.46. The predicted octanol–water partition coefficient (Wildman–Crippen LogP) is 3.19. The number of aliphatic hydroxyl groups is 1. The zero-order chi connectivity index (χ0) is 15.7. The zero-order valence-electron chi connectivity index (χ0n) is 12.9. The van der Waals surface area contributed by atoms with Crippen molar-refractivity contribution >= 4 is 22.4 Å². The third-order valence-corrected chi connectivity index (χ3v) is 3.47. The monoisotopic (exact) mass is 294 g/mol. The van der Waals surface area contributed by atoms with Crippen LogP contribution in [-0.4, -0.2) is 20.1 Å². The van der Waals surface area contributed by atoms with Crippen molar-refractivity contribution in [1.82, 2.24) is 15.0 Å². The van der Waals surface area contributed by atoms with Crippen LogP contribution in [0.3, 0.4) is 0 Å². The van der Waals surface area contributed by atoms with Gasteiger partial charge in [0.1, 0.15) is 11.6 Å². The molecule has 0 bridgehead atoms. The van der Waals surface area contributed by atoms with E-state index in [-0.39, 0.29) is 6.61 Å². The Balaban J connectivity index is 2.13. The highest BCUT2D eigenvalue weighted by Gasteiger charge is 2.10. The number of hydrogen-bond donors (Lipinski definition) is 2. The van der Waals surface area contributed by atoms with E-state index in [1.165, 1.54) is 0 Å². The molecule has 0 aliphatic carbocycles. The summed E-state index contributed by atoms with van der Waals surface area (Å²) in [4.78, 5) is 13.2. The number of fused-ring (bicyclic) bond motifs is 1. The molecule has 0 unspecified atom stereocenters. The van der Waals surface area contributed by atoms with Gasteiger partial charge in [-0.15, -0.1) is 0 Å². The second-order valence-electron chi connectivity index (χ2n) is 5.43. The van der Waals surface area contributed by atoms with Crippen LogP contribution < -0.4 is 5.32 Å². The Bertz CT molecular complexity index is 840. The second-order valence-corrected chi connectivity index (χ2v) is 5.43. The minimum absolute atomic E-state index is 0.121. The molecule has 3 aromatic rings. The van der Waals surface area contributed by atoms with Gasteiger partial charge in [0.2, 0.25) is 0 Å². The molecule has 0 saturated carbocycles. The quantitative estimate of drug-likeness (QED) is 0.776. The van der Waals surface area contributed by atoms with Gasteiger partial charge in [0, 0.05) is 11.6 Å². The molecule has 0 spiro atoms. The molecule has 5 heteroatoms. The lowest BCUT2D eigenvalue weighted by Crippen LogP contribution is -2.03. The summed E-state index contributed by atoms with van der Waals surface area (Å²) in [6.07, 6.45) is 1.74. The Morgan fingerprint density at radius 3 is 2.64 bits per heavy atom. The van der Waals surface area contributed by atoms with Crippen molar-refractivity contribution in [1.29, 1.82) is 0 Å². The summed E-state index contributed by atoms with van der Waals surface area (Å²) in [7, 11) is 0. The number of pyridine rings is 1. The molecule has 3 rings (SSSR count). The van der Waals surface area contributed by atoms with Crippen LogP contribution in [0.2, 0.25) is 0 Å². The molecule has 0 aliphatic rings. The first kappa shape index (κ1) is 14.4. The van der Waals surface area contributed by atoms with Gasteiger partial charge in [-0.05, 0) is 50.1 Å². The van der Waals surface area contributed by atoms with E-state index < -0.39 is 0 Å². The second kappa shape index (κ2) is 5.69. The number of nitrogens with zero attached hydrogens (tertiary/aromatic N) is 3. The van der Waals surface area contributed by atoms with Crippen LogP contribution in [0.1, 0.15) is 22.6 Å². The molecule has 0 fully saturated rings. The Morgan fingerprint density at radius 1 is 1.05 bits per heavy atom. The molecule has 2 aromatic heterocycles. The molecule has 112 valence electrons. The molecule has 5 nitrogen and oxygen atoms in total. The van der Waals surface area contributed by atoms with Crippen molar-refractivity contribution in [2.24, 2.45) is 0 Å². The molecule has 2 N–H and O–H groups in total. The first-order valence-electron chi connectivity index (χ1n) is 7.15. The molecule has 0 radical (unpaired) electrons. The van der Waals surface area contributed by atoms with Crippen LogP contribution >= 0.6 is 0 Å². The minimum Gasteiger partial charge on any atom is -0.390 e. The molecule has 22 heavy (non-hydrogen) atoms. The van der Waals surface area contributed by atoms with Gasteiger partial charge in [-0.1, -0.05) is 6.07 Å². The average Bonchev–Trinajstić information content (AvgIpc) is 2.46. The highest BCUT2D eigenvalue weighted by molar-refractivity contribution is 5.91. The molecular weight excluding hydrogens is 276 g/mol. The zero-order valence-corrected chi connectivity index (χ0v) is 12.9. The van der Waals surface area contributed by atoms with Crippen molar-refractivity contribution in [3.8, 4) is 0 Å². The van der Waals surface area contributed by atoms with E-state index >= 15 is 0 Å². The number of aryl methyl sites for hydroxylation is 3. The van der Waals surface area contributed by atoms with E-state index in [2.05, 4.69) is 20.3 Å². The Hall–Kier alpha value is -2.53. The normalized spacial score (nSPS) is 10.9. The number of benzene rings is 1. The third-order valence-electron chi connectivity index (χ3n) is 3.47. The summed E-state index contributed by atoms with van der Waals surface area (Å²) in [5.41, 5.74) is 4.45. The van der Waals surface area contributed by atoms with Gasteiger partial charge in [0.05, 0.1) is 23.5 Å². The van der Waals surface area contributed by atoms with Crippen LogP contribution in [0.5, 0.6) is 0 Å². The SMILES string of the molecule is Cc1cnc(CO)c(Nc2nc(C)nc3cc(C)ccc23)c1. The lowest BCUT2D eigenvalue weighted by atomic mass is 10.1. The van der Waals surface area contributed by atoms with Gasteiger partial charge in [-0.3, -0.25) is 4.98 Å². The number of rotatable bonds is 3. The number of aliphatic hydroxyl groups excluding tert-OH is 1. The van der Waals surface area contributed by atoms with Crippen LogP contribution in [0.15, 0.2) is 30.5 Å². The van der Waals surface area contributed by atoms with Gasteiger partial charge in [0.15, 0.2) is 0 Å². The molecule has 2 heterocycles. The molecular formula is C17H18N4O. The fourth-order valence-electron chi connectivity index (χ4n) is 2.41. The van der Waals surface area contributed by atoms with Crippen molar-refractivity contribution in [3.63, 3.8) is 0 Å². The number of aromatic nitrogens is 3. The smallest absolute Gasteiger partial charge is 0.142 e. The highest BCUT2D eigenvalue weighted by Crippen LogP contribution is 2.26. The van der Waals surface area contributed by atoms with Crippen molar-refractivity contribution < 1.29 is 5.11 Å². The standard InChI is InChI=1S/C17H18N4O/c1-10-4-5-13-14(6-10)19-12(3)20-17(13)21-15-7-11(2)8-18-16(15)9-22/h4-8,22H,9H2,1-3H3,(H,19,20,21). The first-order valence-corrected chi connectivity index (χ1v) is 7.15. The van der Waals surface area contributed by atoms with Gasteiger partial charge >= 0.3 is 0 Å². The first-order chi connectivity index (χ1) is 10.6. The van der Waals surface area contributed by atoms with Crippen LogP contribution in [0, 0.1) is 20.8 Å². The number of hydrogen-bond acceptors (Lipinski definition) is 5. The Morgan fingerprint density at radius 2 is 1.86 bits per heavy atom. The average molecular weight is 294 g/mol. The van der Waals surface area contributed by atoms with Crippen LogP contribution in [0.4, 0.5) is 11.5 Å². The fraction of sp³-hybridized carbons (Fsp3) is 0.235. The summed E-state index contributed by atoms with van der Waals surface area (Å²) in [6.45, 7) is 5.75. The summed E-state index contributed by atoms with van der Waals surface area (Å²) < 4.78 is 0. The van der Waals surface area contributed by atoms with Crippen molar-refractivity contribution in [2.75, 3.05) is 5.32 Å². The van der Waals surface area contributed by atoms with E-state index in [1.807, 2.05) is 45.0 Å². The summed E-state index contributed by atoms with van der Waals surface area (Å²) in [5, 5.41) is 13.7. The number of anilines is 2. The molecule has 0 atom stereocenters. The fourth-order valence-corrected chi connectivity index (χ4v) is 2.41. The van der Waals surface area contributed by atoms with Crippen molar-refractivity contribution in [3.05, 3.63) is 53.1 Å². The van der Waals surface area contributed by atoms with E-state index in [0.29, 0.717) is 11.5 Å². The summed E-state index contributed by atoms with van der Waals surface area (Å²) in [6, 6.07) is 8.04. The molecule has 0 amide bonds. The minimum atomic E-state index is -0.121. The maximum atomic E-state index is 9.46. The number of nitrogens with one attached hydrogen (secondary N) is 1. The summed E-state index contributed by atoms with van der Waals surface area (Å²) >= 11 is 0. The molecule has 1 aromatic carbocycles. The molecule has 0 saturated heterocycles. The van der Waals surface area contributed by atoms with E-state index in [4.69, 9.17) is 0 Å². The lowest BCUT2D eigenvalue weighted by molar-refractivity contribution is 0.277. The van der Waals surface area contributed by atoms with Crippen LogP contribution in [-0.2, 0) is 6.61 Å². The van der Waals surface area contributed by atoms with E-state index in [1.54, 1.807) is 6.20 Å². The molecule has 0 aliphatic heterocycles. The highest BCUT2D eigenvalue weighted by atomic mass is 16.3. The largest absolute Gasteiger partial charge is 0.390 e. The lowest BCUT2D eigenvalue weighted by Gasteiger charge is -2.13. The topological polar surface area (TPSA) is 70.9 Å². The Kier molecular flexibility index (Phi) is 3.73. The van der Waals surface area contributed by atoms with Gasteiger partial charge in [-0.25, -0.2) is 9.97 Å². The van der Waals surface area contributed by atoms with Crippen molar-refractivity contribution in [2.45, 2.75) is 27.4 Å². The Labute approximate surface area is 129 Å². The summed E-state index contributed by atoms with van der Waals surface area (Å²) in [5.74, 6) is 1.43. The van der Waals surface area contributed by atoms with E-state index in [9.17, 15) is 5.11 Å². The van der Waals surface area contributed by atoms with Crippen LogP contribution in [0.25, 0.3) is 10.9 Å². The maximum Gasteiger partial charge on any atom is 0.142 e. The predicted molar refractivity (Wildman–Crippen MR) is 87.2 cm³/mol.